The smallest absolute Gasteiger partial charge is 0.208 e. The highest BCUT2D eigenvalue weighted by atomic mass is 16.5. The maximum absolute atomic E-state index is 5.59. The Hall–Kier alpha value is -0.870. The summed E-state index contributed by atoms with van der Waals surface area (Å²) in [5.74, 6) is 1.47. The van der Waals surface area contributed by atoms with E-state index >= 15 is 0 Å². The molecule has 0 atom stereocenters. The fourth-order valence-corrected chi connectivity index (χ4v) is 1.14. The molecule has 0 aliphatic carbocycles. The molecule has 0 fully saturated rings. The molecule has 0 aliphatic heterocycles. The van der Waals surface area contributed by atoms with Crippen molar-refractivity contribution in [2.75, 3.05) is 13.7 Å². The molecular weight excluding hydrogens is 192 g/mol. The molecule has 0 unspecified atom stereocenters. The predicted octanol–water partition coefficient (Wildman–Crippen LogP) is 2.06. The number of rotatable bonds is 6. The summed E-state index contributed by atoms with van der Waals surface area (Å²) in [4.78, 5) is 4.19. The van der Waals surface area contributed by atoms with E-state index in [9.17, 15) is 0 Å². The van der Waals surface area contributed by atoms with Gasteiger partial charge in [0.15, 0.2) is 5.76 Å². The zero-order chi connectivity index (χ0) is 11.3. The number of methoxy groups -OCH3 is 1. The molecule has 4 heteroatoms. The SMILES string of the molecule is CCCNCc1ncc(C(C)(C)OC)o1. The van der Waals surface area contributed by atoms with Crippen LogP contribution in [0.4, 0.5) is 0 Å². The average Bonchev–Trinajstić information content (AvgIpc) is 2.68. The summed E-state index contributed by atoms with van der Waals surface area (Å²) in [6.07, 6.45) is 2.84. The number of hydrogen-bond acceptors (Lipinski definition) is 4. The molecule has 1 aromatic heterocycles. The minimum absolute atomic E-state index is 0.407. The standard InChI is InChI=1S/C11H20N2O2/c1-5-6-12-8-10-13-7-9(15-10)11(2,3)14-4/h7,12H,5-6,8H2,1-4H3. The van der Waals surface area contributed by atoms with E-state index in [-0.39, 0.29) is 0 Å². The lowest BCUT2D eigenvalue weighted by Gasteiger charge is -2.18. The maximum Gasteiger partial charge on any atom is 0.208 e. The summed E-state index contributed by atoms with van der Waals surface area (Å²) in [5, 5.41) is 3.24. The van der Waals surface area contributed by atoms with E-state index in [0.29, 0.717) is 12.4 Å². The van der Waals surface area contributed by atoms with Crippen molar-refractivity contribution in [2.45, 2.75) is 39.3 Å². The summed E-state index contributed by atoms with van der Waals surface area (Å²) < 4.78 is 10.9. The summed E-state index contributed by atoms with van der Waals surface area (Å²) in [6, 6.07) is 0. The number of oxazole rings is 1. The van der Waals surface area contributed by atoms with Crippen molar-refractivity contribution in [3.63, 3.8) is 0 Å². The average molecular weight is 212 g/mol. The number of aromatic nitrogens is 1. The van der Waals surface area contributed by atoms with Gasteiger partial charge < -0.3 is 14.5 Å². The molecule has 15 heavy (non-hydrogen) atoms. The van der Waals surface area contributed by atoms with Crippen LogP contribution in [0.25, 0.3) is 0 Å². The van der Waals surface area contributed by atoms with Crippen molar-refractivity contribution in [3.8, 4) is 0 Å². The summed E-state index contributed by atoms with van der Waals surface area (Å²) in [7, 11) is 1.66. The Morgan fingerprint density at radius 3 is 2.87 bits per heavy atom. The highest BCUT2D eigenvalue weighted by Crippen LogP contribution is 2.24. The third-order valence-electron chi connectivity index (χ3n) is 2.36. The minimum atomic E-state index is -0.407. The second kappa shape index (κ2) is 5.28. The second-order valence-electron chi connectivity index (χ2n) is 4.01. The van der Waals surface area contributed by atoms with Crippen LogP contribution in [0.3, 0.4) is 0 Å². The molecule has 1 heterocycles. The molecule has 1 N–H and O–H groups in total. The van der Waals surface area contributed by atoms with Gasteiger partial charge in [0.2, 0.25) is 5.89 Å². The van der Waals surface area contributed by atoms with Crippen LogP contribution in [0, 0.1) is 0 Å². The van der Waals surface area contributed by atoms with Gasteiger partial charge >= 0.3 is 0 Å². The van der Waals surface area contributed by atoms with Gasteiger partial charge in [-0.25, -0.2) is 4.98 Å². The lowest BCUT2D eigenvalue weighted by atomic mass is 10.1. The maximum atomic E-state index is 5.59. The van der Waals surface area contributed by atoms with E-state index in [1.165, 1.54) is 0 Å². The van der Waals surface area contributed by atoms with E-state index < -0.39 is 5.60 Å². The van der Waals surface area contributed by atoms with Gasteiger partial charge in [-0.15, -0.1) is 0 Å². The van der Waals surface area contributed by atoms with E-state index in [1.807, 2.05) is 13.8 Å². The summed E-state index contributed by atoms with van der Waals surface area (Å²) >= 11 is 0. The first-order valence-corrected chi connectivity index (χ1v) is 5.31. The quantitative estimate of drug-likeness (QED) is 0.733. The largest absolute Gasteiger partial charge is 0.441 e. The zero-order valence-electron chi connectivity index (χ0n) is 9.96. The van der Waals surface area contributed by atoms with Gasteiger partial charge in [0, 0.05) is 7.11 Å². The third kappa shape index (κ3) is 3.32. The zero-order valence-corrected chi connectivity index (χ0v) is 9.96. The highest BCUT2D eigenvalue weighted by Gasteiger charge is 2.24. The molecule has 0 saturated carbocycles. The van der Waals surface area contributed by atoms with Crippen LogP contribution < -0.4 is 5.32 Å². The molecule has 0 saturated heterocycles. The predicted molar refractivity (Wildman–Crippen MR) is 58.5 cm³/mol. The van der Waals surface area contributed by atoms with Crippen LogP contribution in [0.2, 0.25) is 0 Å². The first kappa shape index (κ1) is 12.2. The highest BCUT2D eigenvalue weighted by molar-refractivity contribution is 5.03. The Kier molecular flexibility index (Phi) is 4.29. The second-order valence-corrected chi connectivity index (χ2v) is 4.01. The Morgan fingerprint density at radius 1 is 1.53 bits per heavy atom. The van der Waals surface area contributed by atoms with Crippen LogP contribution in [0.5, 0.6) is 0 Å². The molecule has 4 nitrogen and oxygen atoms in total. The van der Waals surface area contributed by atoms with Gasteiger partial charge in [0.05, 0.1) is 12.7 Å². The number of ether oxygens (including phenoxy) is 1. The van der Waals surface area contributed by atoms with E-state index in [2.05, 4.69) is 17.2 Å². The van der Waals surface area contributed by atoms with Crippen molar-refractivity contribution in [3.05, 3.63) is 17.8 Å². The fourth-order valence-electron chi connectivity index (χ4n) is 1.14. The lowest BCUT2D eigenvalue weighted by Crippen LogP contribution is -2.18. The summed E-state index contributed by atoms with van der Waals surface area (Å²) in [6.45, 7) is 7.69. The molecule has 0 aliphatic rings. The van der Waals surface area contributed by atoms with Crippen molar-refractivity contribution >= 4 is 0 Å². The molecular formula is C11H20N2O2. The third-order valence-corrected chi connectivity index (χ3v) is 2.36. The molecule has 1 rings (SSSR count). The van der Waals surface area contributed by atoms with Crippen molar-refractivity contribution < 1.29 is 9.15 Å². The molecule has 1 aromatic rings. The Balaban J connectivity index is 2.56. The minimum Gasteiger partial charge on any atom is -0.441 e. The van der Waals surface area contributed by atoms with Gasteiger partial charge in [-0.05, 0) is 26.8 Å². The topological polar surface area (TPSA) is 47.3 Å². The lowest BCUT2D eigenvalue weighted by molar-refractivity contribution is 0.0000321. The molecule has 0 bridgehead atoms. The van der Waals surface area contributed by atoms with Crippen LogP contribution in [-0.4, -0.2) is 18.6 Å². The molecule has 0 radical (unpaired) electrons. The van der Waals surface area contributed by atoms with Crippen LogP contribution >= 0.6 is 0 Å². The molecule has 0 amide bonds. The Labute approximate surface area is 91.0 Å². The Morgan fingerprint density at radius 2 is 2.27 bits per heavy atom. The first-order valence-electron chi connectivity index (χ1n) is 5.31. The molecule has 86 valence electrons. The van der Waals surface area contributed by atoms with Gasteiger partial charge in [0.25, 0.3) is 0 Å². The Bertz CT molecular complexity index is 295. The van der Waals surface area contributed by atoms with Crippen molar-refractivity contribution in [1.82, 2.24) is 10.3 Å². The van der Waals surface area contributed by atoms with Crippen LogP contribution in [0.15, 0.2) is 10.6 Å². The van der Waals surface area contributed by atoms with E-state index in [4.69, 9.17) is 9.15 Å². The first-order chi connectivity index (χ1) is 7.10. The molecule has 0 spiro atoms. The van der Waals surface area contributed by atoms with Crippen LogP contribution in [0.1, 0.15) is 38.8 Å². The summed E-state index contributed by atoms with van der Waals surface area (Å²) in [5.41, 5.74) is -0.407. The normalized spacial score (nSPS) is 12.0. The van der Waals surface area contributed by atoms with E-state index in [0.717, 1.165) is 18.7 Å². The number of hydrogen-bond donors (Lipinski definition) is 1. The monoisotopic (exact) mass is 212 g/mol. The van der Waals surface area contributed by atoms with Gasteiger partial charge in [-0.3, -0.25) is 0 Å². The number of nitrogens with zero attached hydrogens (tertiary/aromatic N) is 1. The van der Waals surface area contributed by atoms with Crippen molar-refractivity contribution in [2.24, 2.45) is 0 Å². The van der Waals surface area contributed by atoms with Crippen LogP contribution in [-0.2, 0) is 16.9 Å². The molecule has 0 aromatic carbocycles. The van der Waals surface area contributed by atoms with Gasteiger partial charge in [-0.2, -0.15) is 0 Å². The van der Waals surface area contributed by atoms with Crippen molar-refractivity contribution in [1.29, 1.82) is 0 Å². The van der Waals surface area contributed by atoms with Gasteiger partial charge in [-0.1, -0.05) is 6.92 Å². The number of nitrogens with one attached hydrogen (secondary N) is 1. The van der Waals surface area contributed by atoms with E-state index in [1.54, 1.807) is 13.3 Å². The van der Waals surface area contributed by atoms with Gasteiger partial charge in [0.1, 0.15) is 5.60 Å². The fraction of sp³-hybridized carbons (Fsp3) is 0.727.